The Bertz CT molecular complexity index is 601. The minimum Gasteiger partial charge on any atom is -0.480 e. The van der Waals surface area contributed by atoms with Crippen molar-refractivity contribution >= 4 is 23.5 Å². The summed E-state index contributed by atoms with van der Waals surface area (Å²) in [5.41, 5.74) is 0.135. The minimum atomic E-state index is -0.970. The van der Waals surface area contributed by atoms with Crippen LogP contribution in [0.25, 0.3) is 0 Å². The van der Waals surface area contributed by atoms with Crippen molar-refractivity contribution in [1.82, 2.24) is 4.90 Å². The van der Waals surface area contributed by atoms with Crippen molar-refractivity contribution in [3.8, 4) is 0 Å². The van der Waals surface area contributed by atoms with Crippen LogP contribution in [0.4, 0.5) is 4.39 Å². The highest BCUT2D eigenvalue weighted by Crippen LogP contribution is 2.42. The SMILES string of the molecule is O=C(O)C1C2CCCC2CN1C(=O)Cc1c(F)cccc1Cl. The summed E-state index contributed by atoms with van der Waals surface area (Å²) in [6, 6.07) is 3.47. The molecule has 6 heteroatoms. The molecule has 3 rings (SSSR count). The number of nitrogens with zero attached hydrogens (tertiary/aromatic N) is 1. The number of hydrogen-bond acceptors (Lipinski definition) is 2. The highest BCUT2D eigenvalue weighted by Gasteiger charge is 2.49. The van der Waals surface area contributed by atoms with Crippen molar-refractivity contribution in [2.75, 3.05) is 6.54 Å². The predicted molar refractivity (Wildman–Crippen MR) is 79.1 cm³/mol. The number of amides is 1. The minimum absolute atomic E-state index is 0.0255. The van der Waals surface area contributed by atoms with Gasteiger partial charge in [0.25, 0.3) is 0 Å². The van der Waals surface area contributed by atoms with Crippen LogP contribution in [0, 0.1) is 17.7 Å². The molecule has 1 aromatic rings. The van der Waals surface area contributed by atoms with Gasteiger partial charge in [0.1, 0.15) is 11.9 Å². The van der Waals surface area contributed by atoms with Crippen molar-refractivity contribution in [3.63, 3.8) is 0 Å². The topological polar surface area (TPSA) is 57.6 Å². The van der Waals surface area contributed by atoms with Crippen molar-refractivity contribution in [1.29, 1.82) is 0 Å². The number of rotatable bonds is 3. The summed E-state index contributed by atoms with van der Waals surface area (Å²) < 4.78 is 13.8. The molecular formula is C16H17ClFNO3. The van der Waals surface area contributed by atoms with Gasteiger partial charge >= 0.3 is 5.97 Å². The lowest BCUT2D eigenvalue weighted by Crippen LogP contribution is -2.44. The van der Waals surface area contributed by atoms with E-state index < -0.39 is 17.8 Å². The van der Waals surface area contributed by atoms with Crippen molar-refractivity contribution in [3.05, 3.63) is 34.6 Å². The zero-order valence-electron chi connectivity index (χ0n) is 12.0. The molecule has 1 saturated heterocycles. The monoisotopic (exact) mass is 325 g/mol. The maximum Gasteiger partial charge on any atom is 0.326 e. The molecule has 22 heavy (non-hydrogen) atoms. The van der Waals surface area contributed by atoms with E-state index in [1.54, 1.807) is 0 Å². The van der Waals surface area contributed by atoms with Crippen molar-refractivity contribution in [2.24, 2.45) is 11.8 Å². The highest BCUT2D eigenvalue weighted by molar-refractivity contribution is 6.31. The summed E-state index contributed by atoms with van der Waals surface area (Å²) in [5.74, 6) is -1.60. The summed E-state index contributed by atoms with van der Waals surface area (Å²) in [5, 5.41) is 9.65. The van der Waals surface area contributed by atoms with Crippen LogP contribution in [-0.2, 0) is 16.0 Å². The second kappa shape index (κ2) is 5.88. The van der Waals surface area contributed by atoms with Crippen LogP contribution in [0.3, 0.4) is 0 Å². The zero-order chi connectivity index (χ0) is 15.9. The van der Waals surface area contributed by atoms with E-state index in [0.29, 0.717) is 6.54 Å². The Morgan fingerprint density at radius 1 is 1.36 bits per heavy atom. The average Bonchev–Trinajstić information content (AvgIpc) is 3.02. The van der Waals surface area contributed by atoms with Crippen LogP contribution in [-0.4, -0.2) is 34.5 Å². The fraction of sp³-hybridized carbons (Fsp3) is 0.500. The lowest BCUT2D eigenvalue weighted by Gasteiger charge is -2.24. The Labute approximate surface area is 132 Å². The van der Waals surface area contributed by atoms with Gasteiger partial charge < -0.3 is 10.0 Å². The maximum atomic E-state index is 13.8. The number of aliphatic carboxylic acids is 1. The third kappa shape index (κ3) is 2.58. The Balaban J connectivity index is 1.81. The largest absolute Gasteiger partial charge is 0.480 e. The second-order valence-corrected chi connectivity index (χ2v) is 6.47. The quantitative estimate of drug-likeness (QED) is 0.929. The molecule has 1 aliphatic heterocycles. The zero-order valence-corrected chi connectivity index (χ0v) is 12.7. The molecule has 1 amide bonds. The summed E-state index contributed by atoms with van der Waals surface area (Å²) in [6.45, 7) is 0.451. The Morgan fingerprint density at radius 2 is 2.14 bits per heavy atom. The van der Waals surface area contributed by atoms with Crippen molar-refractivity contribution in [2.45, 2.75) is 31.7 Å². The number of carboxylic acid groups (broad SMARTS) is 1. The smallest absolute Gasteiger partial charge is 0.326 e. The normalized spacial score (nSPS) is 27.0. The van der Waals surface area contributed by atoms with E-state index in [-0.39, 0.29) is 34.7 Å². The van der Waals surface area contributed by atoms with E-state index in [9.17, 15) is 19.1 Å². The number of carboxylic acids is 1. The van der Waals surface area contributed by atoms with Crippen LogP contribution in [0.5, 0.6) is 0 Å². The number of hydrogen-bond donors (Lipinski definition) is 1. The fourth-order valence-corrected chi connectivity index (χ4v) is 4.06. The molecule has 0 aromatic heterocycles. The van der Waals surface area contributed by atoms with Gasteiger partial charge in [-0.05, 0) is 36.8 Å². The van der Waals surface area contributed by atoms with Crippen LogP contribution in [0.2, 0.25) is 5.02 Å². The molecule has 3 unspecified atom stereocenters. The molecule has 0 bridgehead atoms. The molecule has 0 spiro atoms. The maximum absolute atomic E-state index is 13.8. The number of carbonyl (C=O) groups is 2. The second-order valence-electron chi connectivity index (χ2n) is 6.06. The fourth-order valence-electron chi connectivity index (χ4n) is 3.83. The first-order chi connectivity index (χ1) is 10.5. The molecule has 1 saturated carbocycles. The number of fused-ring (bicyclic) bond motifs is 1. The third-order valence-corrected chi connectivity index (χ3v) is 5.21. The van der Waals surface area contributed by atoms with E-state index in [1.807, 2.05) is 0 Å². The van der Waals surface area contributed by atoms with E-state index in [4.69, 9.17) is 11.6 Å². The molecule has 1 aliphatic carbocycles. The summed E-state index contributed by atoms with van der Waals surface area (Å²) in [6.07, 6.45) is 2.61. The summed E-state index contributed by atoms with van der Waals surface area (Å²) in [4.78, 5) is 25.5. The first-order valence-electron chi connectivity index (χ1n) is 7.44. The van der Waals surface area contributed by atoms with Gasteiger partial charge in [-0.1, -0.05) is 24.1 Å². The highest BCUT2D eigenvalue weighted by atomic mass is 35.5. The summed E-state index contributed by atoms with van der Waals surface area (Å²) in [7, 11) is 0. The van der Waals surface area contributed by atoms with Gasteiger partial charge in [-0.2, -0.15) is 0 Å². The average molecular weight is 326 g/mol. The number of likely N-dealkylation sites (tertiary alicyclic amines) is 1. The van der Waals surface area contributed by atoms with E-state index >= 15 is 0 Å². The molecule has 118 valence electrons. The van der Waals surface area contributed by atoms with E-state index in [2.05, 4.69) is 0 Å². The van der Waals surface area contributed by atoms with Gasteiger partial charge in [0.05, 0.1) is 6.42 Å². The van der Waals surface area contributed by atoms with Crippen LogP contribution >= 0.6 is 11.6 Å². The Hall–Kier alpha value is -1.62. The number of benzene rings is 1. The van der Waals surface area contributed by atoms with Gasteiger partial charge in [0, 0.05) is 17.1 Å². The first-order valence-corrected chi connectivity index (χ1v) is 7.82. The lowest BCUT2D eigenvalue weighted by molar-refractivity contribution is -0.149. The van der Waals surface area contributed by atoms with Gasteiger partial charge in [-0.25, -0.2) is 9.18 Å². The Morgan fingerprint density at radius 3 is 2.82 bits per heavy atom. The molecule has 1 aromatic carbocycles. The lowest BCUT2D eigenvalue weighted by atomic mass is 9.94. The standard InChI is InChI=1S/C16H17ClFNO3/c17-12-5-2-6-13(18)11(12)7-14(20)19-8-9-3-1-4-10(9)15(19)16(21)22/h2,5-6,9-10,15H,1,3-4,7-8H2,(H,21,22). The number of halogens is 2. The molecule has 2 fully saturated rings. The molecule has 1 N–H and O–H groups in total. The van der Waals surface area contributed by atoms with Gasteiger partial charge in [-0.15, -0.1) is 0 Å². The van der Waals surface area contributed by atoms with E-state index in [0.717, 1.165) is 19.3 Å². The van der Waals surface area contributed by atoms with Gasteiger partial charge in [0.2, 0.25) is 5.91 Å². The number of carbonyl (C=O) groups excluding carboxylic acids is 1. The van der Waals surface area contributed by atoms with Crippen LogP contribution < -0.4 is 0 Å². The molecule has 3 atom stereocenters. The molecule has 2 aliphatic rings. The molecule has 1 heterocycles. The van der Waals surface area contributed by atoms with Crippen LogP contribution in [0.1, 0.15) is 24.8 Å². The van der Waals surface area contributed by atoms with Crippen LogP contribution in [0.15, 0.2) is 18.2 Å². The molecular weight excluding hydrogens is 309 g/mol. The van der Waals surface area contributed by atoms with E-state index in [1.165, 1.54) is 23.1 Å². The van der Waals surface area contributed by atoms with Crippen molar-refractivity contribution < 1.29 is 19.1 Å². The molecule has 4 nitrogen and oxygen atoms in total. The van der Waals surface area contributed by atoms with Gasteiger partial charge in [-0.3, -0.25) is 4.79 Å². The first kappa shape index (κ1) is 15.3. The predicted octanol–water partition coefficient (Wildman–Crippen LogP) is 2.73. The Kier molecular flexibility index (Phi) is 4.08. The third-order valence-electron chi connectivity index (χ3n) is 4.85. The molecule has 0 radical (unpaired) electrons. The summed E-state index contributed by atoms with van der Waals surface area (Å²) >= 11 is 5.95. The van der Waals surface area contributed by atoms with Gasteiger partial charge in [0.15, 0.2) is 0 Å².